The highest BCUT2D eigenvalue weighted by molar-refractivity contribution is 4.96. The number of hydrogen-bond acceptors (Lipinski definition) is 0. The maximum absolute atomic E-state index is 2.54. The van der Waals surface area contributed by atoms with Crippen LogP contribution in [0.25, 0.3) is 0 Å². The van der Waals surface area contributed by atoms with Gasteiger partial charge in [0.05, 0.1) is 0 Å². The van der Waals surface area contributed by atoms with E-state index in [4.69, 9.17) is 0 Å². The average Bonchev–Trinajstić information content (AvgIpc) is 2.25. The van der Waals surface area contributed by atoms with Gasteiger partial charge in [0.25, 0.3) is 0 Å². The Kier molecular flexibility index (Phi) is 2.57. The summed E-state index contributed by atoms with van der Waals surface area (Å²) in [5, 5.41) is 0. The Labute approximate surface area is 94.8 Å². The molecule has 3 rings (SSSR count). The molecule has 0 heterocycles. The Morgan fingerprint density at radius 1 is 0.600 bits per heavy atom. The van der Waals surface area contributed by atoms with Crippen LogP contribution in [0.2, 0.25) is 0 Å². The molecule has 4 unspecified atom stereocenters. The van der Waals surface area contributed by atoms with Crippen LogP contribution >= 0.6 is 0 Å². The zero-order valence-electron chi connectivity index (χ0n) is 10.4. The summed E-state index contributed by atoms with van der Waals surface area (Å²) < 4.78 is 0. The van der Waals surface area contributed by atoms with Gasteiger partial charge in [0.1, 0.15) is 0 Å². The quantitative estimate of drug-likeness (QED) is 0.547. The first kappa shape index (κ1) is 10.2. The highest BCUT2D eigenvalue weighted by atomic mass is 14.5. The van der Waals surface area contributed by atoms with Gasteiger partial charge in [-0.1, -0.05) is 46.0 Å². The van der Waals surface area contributed by atoms with Gasteiger partial charge >= 0.3 is 0 Å². The fourth-order valence-electron chi connectivity index (χ4n) is 5.37. The molecule has 86 valence electrons. The minimum Gasteiger partial charge on any atom is -0.0622 e. The number of hydrogen-bond donors (Lipinski definition) is 0. The van der Waals surface area contributed by atoms with Crippen LogP contribution in [-0.2, 0) is 0 Å². The van der Waals surface area contributed by atoms with Crippen molar-refractivity contribution in [3.8, 4) is 0 Å². The van der Waals surface area contributed by atoms with E-state index in [-0.39, 0.29) is 0 Å². The Hall–Kier alpha value is 0. The lowest BCUT2D eigenvalue weighted by Gasteiger charge is -2.54. The molecule has 0 aromatic carbocycles. The summed E-state index contributed by atoms with van der Waals surface area (Å²) in [6.45, 7) is 5.07. The van der Waals surface area contributed by atoms with E-state index in [2.05, 4.69) is 13.8 Å². The van der Waals surface area contributed by atoms with Crippen molar-refractivity contribution in [2.75, 3.05) is 0 Å². The zero-order valence-corrected chi connectivity index (χ0v) is 10.4. The Bertz CT molecular complexity index is 210. The van der Waals surface area contributed by atoms with Gasteiger partial charge in [0.15, 0.2) is 0 Å². The van der Waals surface area contributed by atoms with E-state index in [0.29, 0.717) is 0 Å². The van der Waals surface area contributed by atoms with Crippen molar-refractivity contribution in [3.05, 3.63) is 0 Å². The Balaban J connectivity index is 1.87. The molecule has 4 atom stereocenters. The molecule has 0 N–H and O–H groups in total. The van der Waals surface area contributed by atoms with Crippen LogP contribution in [0.5, 0.6) is 0 Å². The van der Waals surface area contributed by atoms with Crippen molar-refractivity contribution in [2.24, 2.45) is 35.5 Å². The van der Waals surface area contributed by atoms with Gasteiger partial charge in [0, 0.05) is 0 Å². The molecule has 0 aromatic rings. The first-order valence-electron chi connectivity index (χ1n) is 7.27. The molecule has 3 aliphatic carbocycles. The second-order valence-corrected chi connectivity index (χ2v) is 6.72. The first-order chi connectivity index (χ1) is 7.27. The largest absolute Gasteiger partial charge is 0.0622 e. The van der Waals surface area contributed by atoms with Gasteiger partial charge < -0.3 is 0 Å². The molecule has 3 aliphatic rings. The summed E-state index contributed by atoms with van der Waals surface area (Å²) in [4.78, 5) is 0. The monoisotopic (exact) mass is 206 g/mol. The van der Waals surface area contributed by atoms with Crippen LogP contribution in [0.4, 0.5) is 0 Å². The van der Waals surface area contributed by atoms with E-state index in [1.165, 1.54) is 12.8 Å². The van der Waals surface area contributed by atoms with Crippen molar-refractivity contribution < 1.29 is 0 Å². The third-order valence-corrected chi connectivity index (χ3v) is 5.98. The van der Waals surface area contributed by atoms with E-state index in [9.17, 15) is 0 Å². The van der Waals surface area contributed by atoms with Crippen LogP contribution in [-0.4, -0.2) is 0 Å². The smallest absolute Gasteiger partial charge is 0.0324 e. The van der Waals surface area contributed by atoms with Crippen molar-refractivity contribution in [2.45, 2.75) is 58.8 Å². The summed E-state index contributed by atoms with van der Waals surface area (Å²) in [5.41, 5.74) is 0. The lowest BCUT2D eigenvalue weighted by atomic mass is 9.51. The molecule has 15 heavy (non-hydrogen) atoms. The van der Waals surface area contributed by atoms with Crippen molar-refractivity contribution in [1.82, 2.24) is 0 Å². The maximum Gasteiger partial charge on any atom is -0.0324 e. The molecular weight excluding hydrogens is 180 g/mol. The molecule has 0 saturated heterocycles. The summed E-state index contributed by atoms with van der Waals surface area (Å²) in [6.07, 6.45) is 10.9. The zero-order chi connectivity index (χ0) is 10.4. The van der Waals surface area contributed by atoms with Crippen LogP contribution in [0.3, 0.4) is 0 Å². The standard InChI is InChI=1S/C15H26/c1-10-6-8-12-4-3-5-13-9-7-11(2)14(10)15(12)13/h10-15H,3-9H2,1-2H3. The molecule has 0 amide bonds. The Morgan fingerprint density at radius 2 is 1.13 bits per heavy atom. The van der Waals surface area contributed by atoms with E-state index in [1.54, 1.807) is 32.1 Å². The maximum atomic E-state index is 2.54. The highest BCUT2D eigenvalue weighted by Crippen LogP contribution is 2.56. The fourth-order valence-corrected chi connectivity index (χ4v) is 5.37. The molecule has 3 fully saturated rings. The molecule has 0 radical (unpaired) electrons. The van der Waals surface area contributed by atoms with E-state index >= 15 is 0 Å². The third-order valence-electron chi connectivity index (χ3n) is 5.98. The van der Waals surface area contributed by atoms with Crippen molar-refractivity contribution in [1.29, 1.82) is 0 Å². The molecule has 0 heteroatoms. The fraction of sp³-hybridized carbons (Fsp3) is 1.00. The van der Waals surface area contributed by atoms with E-state index < -0.39 is 0 Å². The van der Waals surface area contributed by atoms with Gasteiger partial charge in [-0.3, -0.25) is 0 Å². The topological polar surface area (TPSA) is 0 Å². The van der Waals surface area contributed by atoms with Gasteiger partial charge in [-0.15, -0.1) is 0 Å². The molecule has 3 saturated carbocycles. The van der Waals surface area contributed by atoms with Gasteiger partial charge in [-0.05, 0) is 48.3 Å². The predicted octanol–water partition coefficient (Wildman–Crippen LogP) is 4.49. The third kappa shape index (κ3) is 1.56. The average molecular weight is 206 g/mol. The molecule has 0 spiro atoms. The van der Waals surface area contributed by atoms with Gasteiger partial charge in [0.2, 0.25) is 0 Å². The summed E-state index contributed by atoms with van der Waals surface area (Å²) >= 11 is 0. The Morgan fingerprint density at radius 3 is 1.67 bits per heavy atom. The van der Waals surface area contributed by atoms with Crippen LogP contribution in [0.1, 0.15) is 58.8 Å². The summed E-state index contributed by atoms with van der Waals surface area (Å²) in [5.74, 6) is 6.57. The van der Waals surface area contributed by atoms with Crippen LogP contribution in [0.15, 0.2) is 0 Å². The lowest BCUT2D eigenvalue weighted by molar-refractivity contribution is -0.0464. The normalized spacial score (nSPS) is 54.8. The van der Waals surface area contributed by atoms with Gasteiger partial charge in [-0.25, -0.2) is 0 Å². The second-order valence-electron chi connectivity index (χ2n) is 6.72. The van der Waals surface area contributed by atoms with Crippen LogP contribution in [0, 0.1) is 35.5 Å². The summed E-state index contributed by atoms with van der Waals surface area (Å²) in [7, 11) is 0. The molecule has 0 aliphatic heterocycles. The van der Waals surface area contributed by atoms with E-state index in [1.807, 2.05) is 0 Å². The highest BCUT2D eigenvalue weighted by Gasteiger charge is 2.47. The summed E-state index contributed by atoms with van der Waals surface area (Å²) in [6, 6.07) is 0. The molecular formula is C15H26. The SMILES string of the molecule is CC1CCC2CCCC3CCC(C)C1C23. The lowest BCUT2D eigenvalue weighted by Crippen LogP contribution is -2.46. The minimum atomic E-state index is 1.03. The van der Waals surface area contributed by atoms with E-state index in [0.717, 1.165) is 35.5 Å². The van der Waals surface area contributed by atoms with Crippen LogP contribution < -0.4 is 0 Å². The van der Waals surface area contributed by atoms with Gasteiger partial charge in [-0.2, -0.15) is 0 Å². The van der Waals surface area contributed by atoms with Crippen molar-refractivity contribution in [3.63, 3.8) is 0 Å². The molecule has 0 bridgehead atoms. The molecule has 0 aromatic heterocycles. The van der Waals surface area contributed by atoms with Crippen molar-refractivity contribution >= 4 is 0 Å². The molecule has 0 nitrogen and oxygen atoms in total. The second kappa shape index (κ2) is 3.79. The minimum absolute atomic E-state index is 1.03. The number of rotatable bonds is 0. The predicted molar refractivity (Wildman–Crippen MR) is 64.6 cm³/mol. The first-order valence-corrected chi connectivity index (χ1v) is 7.27.